The number of hydrogen-bond acceptors (Lipinski definition) is 3. The molecule has 0 saturated carbocycles. The number of nitrogens with one attached hydrogen (secondary N) is 1. The van der Waals surface area contributed by atoms with Gasteiger partial charge in [-0.1, -0.05) is 42.8 Å². The van der Waals surface area contributed by atoms with Crippen LogP contribution in [0.1, 0.15) is 37.3 Å². The van der Waals surface area contributed by atoms with Crippen LogP contribution in [0.3, 0.4) is 0 Å². The van der Waals surface area contributed by atoms with Gasteiger partial charge in [-0.05, 0) is 61.9 Å². The van der Waals surface area contributed by atoms with E-state index in [9.17, 15) is 9.59 Å². The van der Waals surface area contributed by atoms with E-state index in [0.29, 0.717) is 45.4 Å². The largest absolute Gasteiger partial charge is 0.486 e. The highest BCUT2D eigenvalue weighted by Gasteiger charge is 2.34. The number of ether oxygens (including phenoxy) is 1. The first-order valence-electron chi connectivity index (χ1n) is 11.8. The fourth-order valence-electron chi connectivity index (χ4n) is 4.52. The minimum atomic E-state index is -0.0668. The van der Waals surface area contributed by atoms with E-state index < -0.39 is 0 Å². The summed E-state index contributed by atoms with van der Waals surface area (Å²) in [5.74, 6) is 0.760. The lowest BCUT2D eigenvalue weighted by Crippen LogP contribution is -2.52. The molecular formula is C26H32ClN3O3. The molecule has 0 aromatic heterocycles. The fraction of sp³-hybridized carbons (Fsp3) is 0.462. The van der Waals surface area contributed by atoms with Crippen LogP contribution in [0.5, 0.6) is 5.75 Å². The molecule has 0 radical (unpaired) electrons. The van der Waals surface area contributed by atoms with Gasteiger partial charge in [-0.25, -0.2) is 4.79 Å². The Morgan fingerprint density at radius 1 is 1.15 bits per heavy atom. The third kappa shape index (κ3) is 5.44. The maximum atomic E-state index is 13.4. The second kappa shape index (κ2) is 10.5. The van der Waals surface area contributed by atoms with Gasteiger partial charge in [0.1, 0.15) is 11.9 Å². The monoisotopic (exact) mass is 469 g/mol. The summed E-state index contributed by atoms with van der Waals surface area (Å²) in [6.07, 6.45) is 2.88. The van der Waals surface area contributed by atoms with Crippen LogP contribution in [0, 0.1) is 12.8 Å². The quantitative estimate of drug-likeness (QED) is 0.683. The number of hydrogen-bond donors (Lipinski definition) is 1. The molecule has 6 nitrogen and oxygen atoms in total. The van der Waals surface area contributed by atoms with Crippen molar-refractivity contribution in [1.82, 2.24) is 10.2 Å². The van der Waals surface area contributed by atoms with E-state index >= 15 is 0 Å². The van der Waals surface area contributed by atoms with Gasteiger partial charge in [-0.15, -0.1) is 0 Å². The number of carbonyl (C=O) groups is 2. The Hall–Kier alpha value is -2.73. The SMILES string of the molecule is CC[C@@H]1CN(C(=O)N2CCC(C(=O)NCCc3ccccc3Cl)CC2)c2cc(C)ccc2O1. The van der Waals surface area contributed by atoms with Crippen LogP contribution in [-0.2, 0) is 11.2 Å². The summed E-state index contributed by atoms with van der Waals surface area (Å²) in [6, 6.07) is 13.7. The predicted octanol–water partition coefficient (Wildman–Crippen LogP) is 4.82. The first-order chi connectivity index (χ1) is 16.0. The van der Waals surface area contributed by atoms with Gasteiger partial charge in [0.2, 0.25) is 5.91 Å². The van der Waals surface area contributed by atoms with Gasteiger partial charge in [0.25, 0.3) is 0 Å². The van der Waals surface area contributed by atoms with Crippen LogP contribution in [0.25, 0.3) is 0 Å². The third-order valence-electron chi connectivity index (χ3n) is 6.56. The summed E-state index contributed by atoms with van der Waals surface area (Å²) in [5.41, 5.74) is 2.97. The van der Waals surface area contributed by atoms with Gasteiger partial charge < -0.3 is 15.0 Å². The molecule has 0 bridgehead atoms. The number of nitrogens with zero attached hydrogens (tertiary/aromatic N) is 2. The fourth-order valence-corrected chi connectivity index (χ4v) is 4.75. The molecule has 2 aromatic rings. The van der Waals surface area contributed by atoms with Crippen molar-refractivity contribution in [2.45, 2.75) is 45.6 Å². The standard InChI is InChI=1S/C26H32ClN3O3/c1-3-21-17-30(23-16-18(2)8-9-24(23)33-21)26(32)29-14-11-20(12-15-29)25(31)28-13-10-19-6-4-5-7-22(19)27/h4-9,16,20-21H,3,10-15,17H2,1-2H3,(H,28,31)/t21-/m1/s1. The number of halogens is 1. The normalized spacial score (nSPS) is 18.5. The summed E-state index contributed by atoms with van der Waals surface area (Å²) >= 11 is 6.19. The Kier molecular flexibility index (Phi) is 7.43. The molecular weight excluding hydrogens is 438 g/mol. The molecule has 7 heteroatoms. The zero-order valence-electron chi connectivity index (χ0n) is 19.4. The number of piperidine rings is 1. The zero-order valence-corrected chi connectivity index (χ0v) is 20.1. The Bertz CT molecular complexity index is 1000. The number of anilines is 1. The van der Waals surface area contributed by atoms with E-state index in [-0.39, 0.29) is 24.0 Å². The van der Waals surface area contributed by atoms with Crippen LogP contribution >= 0.6 is 11.6 Å². The average Bonchev–Trinajstić information content (AvgIpc) is 2.84. The summed E-state index contributed by atoms with van der Waals surface area (Å²) in [5, 5.41) is 3.77. The molecule has 1 fully saturated rings. The first kappa shape index (κ1) is 23.4. The lowest BCUT2D eigenvalue weighted by Gasteiger charge is -2.39. The molecule has 0 aliphatic carbocycles. The molecule has 2 aliphatic heterocycles. The van der Waals surface area contributed by atoms with E-state index in [0.717, 1.165) is 34.0 Å². The van der Waals surface area contributed by atoms with E-state index in [2.05, 4.69) is 12.2 Å². The molecule has 0 spiro atoms. The minimum Gasteiger partial charge on any atom is -0.486 e. The van der Waals surface area contributed by atoms with Crippen LogP contribution in [0.4, 0.5) is 10.5 Å². The number of benzene rings is 2. The predicted molar refractivity (Wildman–Crippen MR) is 131 cm³/mol. The second-order valence-corrected chi connectivity index (χ2v) is 9.31. The third-order valence-corrected chi connectivity index (χ3v) is 6.93. The van der Waals surface area contributed by atoms with Gasteiger partial charge >= 0.3 is 6.03 Å². The van der Waals surface area contributed by atoms with Crippen molar-refractivity contribution < 1.29 is 14.3 Å². The van der Waals surface area contributed by atoms with Crippen molar-refractivity contribution in [3.05, 3.63) is 58.6 Å². The maximum Gasteiger partial charge on any atom is 0.324 e. The highest BCUT2D eigenvalue weighted by Crippen LogP contribution is 2.36. The highest BCUT2D eigenvalue weighted by molar-refractivity contribution is 6.31. The number of rotatable bonds is 5. The Morgan fingerprint density at radius 2 is 1.91 bits per heavy atom. The number of fused-ring (bicyclic) bond motifs is 1. The molecule has 33 heavy (non-hydrogen) atoms. The first-order valence-corrected chi connectivity index (χ1v) is 12.2. The van der Waals surface area contributed by atoms with Crippen LogP contribution in [0.15, 0.2) is 42.5 Å². The summed E-state index contributed by atoms with van der Waals surface area (Å²) in [4.78, 5) is 29.8. The van der Waals surface area contributed by atoms with Crippen molar-refractivity contribution in [2.75, 3.05) is 31.1 Å². The Labute approximate surface area is 200 Å². The van der Waals surface area contributed by atoms with Crippen molar-refractivity contribution in [3.8, 4) is 5.75 Å². The number of aryl methyl sites for hydroxylation is 1. The van der Waals surface area contributed by atoms with E-state index in [1.54, 1.807) is 0 Å². The van der Waals surface area contributed by atoms with Crippen LogP contribution in [0.2, 0.25) is 5.02 Å². The van der Waals surface area contributed by atoms with Gasteiger partial charge in [0.15, 0.2) is 0 Å². The smallest absolute Gasteiger partial charge is 0.324 e. The summed E-state index contributed by atoms with van der Waals surface area (Å²) < 4.78 is 6.06. The number of urea groups is 1. The molecule has 0 unspecified atom stereocenters. The molecule has 1 saturated heterocycles. The Morgan fingerprint density at radius 3 is 2.64 bits per heavy atom. The van der Waals surface area contributed by atoms with Gasteiger partial charge in [0, 0.05) is 30.6 Å². The van der Waals surface area contributed by atoms with Crippen LogP contribution in [-0.4, -0.2) is 49.1 Å². The van der Waals surface area contributed by atoms with E-state index in [1.807, 2.05) is 59.2 Å². The van der Waals surface area contributed by atoms with Gasteiger partial charge in [-0.2, -0.15) is 0 Å². The zero-order chi connectivity index (χ0) is 23.4. The molecule has 1 N–H and O–H groups in total. The maximum absolute atomic E-state index is 13.4. The van der Waals surface area contributed by atoms with Crippen LogP contribution < -0.4 is 15.0 Å². The summed E-state index contributed by atoms with van der Waals surface area (Å²) in [6.45, 7) is 6.36. The van der Waals surface area contributed by atoms with Gasteiger partial charge in [0.05, 0.1) is 12.2 Å². The molecule has 1 atom stereocenters. The van der Waals surface area contributed by atoms with Gasteiger partial charge in [-0.3, -0.25) is 9.69 Å². The highest BCUT2D eigenvalue weighted by atomic mass is 35.5. The number of amides is 3. The van der Waals surface area contributed by atoms with E-state index in [1.165, 1.54) is 0 Å². The summed E-state index contributed by atoms with van der Waals surface area (Å²) in [7, 11) is 0. The topological polar surface area (TPSA) is 61.9 Å². The average molecular weight is 470 g/mol. The van der Waals surface area contributed by atoms with Crippen molar-refractivity contribution >= 4 is 29.2 Å². The lowest BCUT2D eigenvalue weighted by atomic mass is 9.96. The lowest BCUT2D eigenvalue weighted by molar-refractivity contribution is -0.126. The molecule has 2 aromatic carbocycles. The molecule has 2 aliphatic rings. The second-order valence-electron chi connectivity index (χ2n) is 8.91. The molecule has 2 heterocycles. The molecule has 3 amide bonds. The van der Waals surface area contributed by atoms with Crippen molar-refractivity contribution in [1.29, 1.82) is 0 Å². The minimum absolute atomic E-state index is 0.00109. The van der Waals surface area contributed by atoms with Crippen molar-refractivity contribution in [3.63, 3.8) is 0 Å². The molecule has 176 valence electrons. The number of carbonyl (C=O) groups excluding carboxylic acids is 2. The Balaban J connectivity index is 1.31. The van der Waals surface area contributed by atoms with E-state index in [4.69, 9.17) is 16.3 Å². The number of likely N-dealkylation sites (tertiary alicyclic amines) is 1. The molecule has 4 rings (SSSR count). The van der Waals surface area contributed by atoms with Crippen molar-refractivity contribution in [2.24, 2.45) is 5.92 Å².